The van der Waals surface area contributed by atoms with Crippen LogP contribution in [-0.2, 0) is 19.1 Å². The Morgan fingerprint density at radius 3 is 1.94 bits per heavy atom. The highest BCUT2D eigenvalue weighted by Crippen LogP contribution is 2.21. The molecule has 0 N–H and O–H groups in total. The van der Waals surface area contributed by atoms with Gasteiger partial charge in [-0.3, -0.25) is 9.59 Å². The maximum Gasteiger partial charge on any atom is 0.309 e. The van der Waals surface area contributed by atoms with Crippen molar-refractivity contribution in [3.05, 3.63) is 0 Å². The first-order valence-corrected chi connectivity index (χ1v) is 13.0. The topological polar surface area (TPSA) is 55.8 Å². The number of carbonyl (C=O) groups excluding carboxylic acids is 2. The Balaban J connectivity index is 4.23. The van der Waals surface area contributed by atoms with Gasteiger partial charge in [0.05, 0.1) is 5.92 Å². The molecule has 31 heavy (non-hydrogen) atoms. The van der Waals surface area contributed by atoms with E-state index in [0.717, 1.165) is 51.5 Å². The normalized spacial score (nSPS) is 13.2. The van der Waals surface area contributed by atoms with Crippen molar-refractivity contribution in [1.29, 1.82) is 0 Å². The number of rotatable bonds is 21. The Kier molecular flexibility index (Phi) is 20.5. The second kappa shape index (κ2) is 21.1. The standard InChI is InChI=1S/C25H48ClNO4/c1-5-7-9-11-12-14-18-22(17-13-10-8-6-2)25(29)30-21-23(26)31-24(28)19-15-16-20-27(3)4/h22-23H,5-21H2,1-4H3. The monoisotopic (exact) mass is 461 g/mol. The van der Waals surface area contributed by atoms with Crippen LogP contribution in [0.3, 0.4) is 0 Å². The molecule has 0 radical (unpaired) electrons. The molecule has 0 fully saturated rings. The summed E-state index contributed by atoms with van der Waals surface area (Å²) < 4.78 is 10.6. The highest BCUT2D eigenvalue weighted by molar-refractivity contribution is 6.20. The van der Waals surface area contributed by atoms with Crippen LogP contribution < -0.4 is 0 Å². The third-order valence-corrected chi connectivity index (χ3v) is 5.71. The highest BCUT2D eigenvalue weighted by Gasteiger charge is 2.21. The predicted octanol–water partition coefficient (Wildman–Crippen LogP) is 6.71. The first-order valence-electron chi connectivity index (χ1n) is 12.6. The van der Waals surface area contributed by atoms with Gasteiger partial charge in [-0.2, -0.15) is 0 Å². The first kappa shape index (κ1) is 30.2. The molecule has 0 aromatic heterocycles. The number of ether oxygens (including phenoxy) is 2. The van der Waals surface area contributed by atoms with Crippen LogP contribution >= 0.6 is 11.6 Å². The van der Waals surface area contributed by atoms with Gasteiger partial charge in [0.25, 0.3) is 0 Å². The van der Waals surface area contributed by atoms with Crippen molar-refractivity contribution in [2.75, 3.05) is 27.2 Å². The van der Waals surface area contributed by atoms with E-state index in [0.29, 0.717) is 6.42 Å². The van der Waals surface area contributed by atoms with Crippen molar-refractivity contribution in [3.63, 3.8) is 0 Å². The molecule has 0 rings (SSSR count). The zero-order valence-corrected chi connectivity index (χ0v) is 21.4. The van der Waals surface area contributed by atoms with Gasteiger partial charge >= 0.3 is 11.9 Å². The van der Waals surface area contributed by atoms with E-state index in [1.54, 1.807) is 0 Å². The second-order valence-electron chi connectivity index (χ2n) is 8.89. The van der Waals surface area contributed by atoms with Gasteiger partial charge in [0.2, 0.25) is 5.56 Å². The van der Waals surface area contributed by atoms with E-state index in [1.807, 2.05) is 14.1 Å². The van der Waals surface area contributed by atoms with Gasteiger partial charge in [-0.15, -0.1) is 0 Å². The van der Waals surface area contributed by atoms with E-state index in [-0.39, 0.29) is 24.5 Å². The van der Waals surface area contributed by atoms with E-state index >= 15 is 0 Å². The summed E-state index contributed by atoms with van der Waals surface area (Å²) in [4.78, 5) is 26.6. The van der Waals surface area contributed by atoms with Crippen molar-refractivity contribution in [3.8, 4) is 0 Å². The molecule has 184 valence electrons. The number of carbonyl (C=O) groups is 2. The van der Waals surface area contributed by atoms with Crippen LogP contribution in [0.25, 0.3) is 0 Å². The molecule has 0 aliphatic heterocycles. The fourth-order valence-corrected chi connectivity index (χ4v) is 3.73. The zero-order valence-electron chi connectivity index (χ0n) is 20.6. The Bertz CT molecular complexity index is 445. The average molecular weight is 462 g/mol. The summed E-state index contributed by atoms with van der Waals surface area (Å²) in [5.74, 6) is -0.607. The van der Waals surface area contributed by atoms with E-state index in [9.17, 15) is 9.59 Å². The van der Waals surface area contributed by atoms with E-state index in [1.165, 1.54) is 44.9 Å². The maximum absolute atomic E-state index is 12.6. The molecule has 0 bridgehead atoms. The molecular weight excluding hydrogens is 414 g/mol. The number of nitrogens with zero attached hydrogens (tertiary/aromatic N) is 1. The van der Waals surface area contributed by atoms with Crippen LogP contribution in [0.5, 0.6) is 0 Å². The number of hydrogen-bond acceptors (Lipinski definition) is 5. The Morgan fingerprint density at radius 1 is 0.806 bits per heavy atom. The minimum atomic E-state index is -0.917. The van der Waals surface area contributed by atoms with Gasteiger partial charge in [-0.05, 0) is 46.3 Å². The van der Waals surface area contributed by atoms with Crippen molar-refractivity contribution in [2.24, 2.45) is 5.92 Å². The Labute approximate surface area is 196 Å². The molecule has 0 spiro atoms. The number of unbranched alkanes of at least 4 members (excludes halogenated alkanes) is 9. The van der Waals surface area contributed by atoms with Gasteiger partial charge in [0.15, 0.2) is 0 Å². The molecule has 0 amide bonds. The lowest BCUT2D eigenvalue weighted by Crippen LogP contribution is -2.24. The van der Waals surface area contributed by atoms with Crippen LogP contribution in [0.4, 0.5) is 0 Å². The molecule has 2 unspecified atom stereocenters. The minimum absolute atomic E-state index is 0.0753. The highest BCUT2D eigenvalue weighted by atomic mass is 35.5. The summed E-state index contributed by atoms with van der Waals surface area (Å²) in [6.45, 7) is 5.26. The van der Waals surface area contributed by atoms with Crippen LogP contribution in [0.2, 0.25) is 0 Å². The average Bonchev–Trinajstić information content (AvgIpc) is 2.73. The van der Waals surface area contributed by atoms with Crippen molar-refractivity contribution >= 4 is 23.5 Å². The van der Waals surface area contributed by atoms with Crippen LogP contribution in [0.15, 0.2) is 0 Å². The van der Waals surface area contributed by atoms with Crippen LogP contribution in [-0.4, -0.2) is 49.6 Å². The lowest BCUT2D eigenvalue weighted by atomic mass is 9.94. The van der Waals surface area contributed by atoms with Crippen molar-refractivity contribution in [1.82, 2.24) is 4.90 Å². The Hall–Kier alpha value is -0.810. The Morgan fingerprint density at radius 2 is 1.35 bits per heavy atom. The molecule has 0 aromatic carbocycles. The fourth-order valence-electron chi connectivity index (χ4n) is 3.57. The third kappa shape index (κ3) is 19.6. The zero-order chi connectivity index (χ0) is 23.3. The van der Waals surface area contributed by atoms with Crippen LogP contribution in [0, 0.1) is 5.92 Å². The summed E-state index contributed by atoms with van der Waals surface area (Å²) >= 11 is 6.08. The quantitative estimate of drug-likeness (QED) is 0.108. The molecule has 0 aliphatic rings. The third-order valence-electron chi connectivity index (χ3n) is 5.50. The molecule has 0 aliphatic carbocycles. The summed E-state index contributed by atoms with van der Waals surface area (Å²) in [7, 11) is 4.01. The number of esters is 2. The molecule has 0 saturated heterocycles. The van der Waals surface area contributed by atoms with Gasteiger partial charge in [0, 0.05) is 6.42 Å². The van der Waals surface area contributed by atoms with Crippen molar-refractivity contribution < 1.29 is 19.1 Å². The summed E-state index contributed by atoms with van der Waals surface area (Å²) in [5, 5.41) is 0. The molecule has 0 heterocycles. The van der Waals surface area contributed by atoms with Gasteiger partial charge in [-0.1, -0.05) is 89.7 Å². The summed E-state index contributed by atoms with van der Waals surface area (Å²) in [6, 6.07) is 0. The van der Waals surface area contributed by atoms with Gasteiger partial charge < -0.3 is 14.4 Å². The smallest absolute Gasteiger partial charge is 0.309 e. The molecule has 5 nitrogen and oxygen atoms in total. The number of alkyl halides is 1. The molecule has 2 atom stereocenters. The lowest BCUT2D eigenvalue weighted by Gasteiger charge is -2.18. The summed E-state index contributed by atoms with van der Waals surface area (Å²) in [6.07, 6.45) is 15.6. The van der Waals surface area contributed by atoms with Crippen LogP contribution in [0.1, 0.15) is 110 Å². The van der Waals surface area contributed by atoms with Crippen molar-refractivity contribution in [2.45, 2.75) is 116 Å². The van der Waals surface area contributed by atoms with E-state index in [2.05, 4.69) is 18.7 Å². The fraction of sp³-hybridized carbons (Fsp3) is 0.920. The summed E-state index contributed by atoms with van der Waals surface area (Å²) in [5.41, 5.74) is -0.917. The van der Waals surface area contributed by atoms with Gasteiger partial charge in [0.1, 0.15) is 6.61 Å². The minimum Gasteiger partial charge on any atom is -0.460 e. The van der Waals surface area contributed by atoms with E-state index < -0.39 is 5.56 Å². The predicted molar refractivity (Wildman–Crippen MR) is 129 cm³/mol. The largest absolute Gasteiger partial charge is 0.460 e. The first-order chi connectivity index (χ1) is 14.9. The SMILES string of the molecule is CCCCCCCCC(CCCCCC)C(=O)OCC(Cl)OC(=O)CCCCN(C)C. The van der Waals surface area contributed by atoms with Gasteiger partial charge in [-0.25, -0.2) is 0 Å². The molecule has 0 aromatic rings. The number of halogens is 1. The van der Waals surface area contributed by atoms with E-state index in [4.69, 9.17) is 21.1 Å². The molecule has 0 saturated carbocycles. The number of hydrogen-bond donors (Lipinski definition) is 0. The maximum atomic E-state index is 12.6. The molecular formula is C25H48ClNO4. The lowest BCUT2D eigenvalue weighted by molar-refractivity contribution is -0.157. The molecule has 6 heteroatoms. The second-order valence-corrected chi connectivity index (χ2v) is 9.38.